The molecule has 2 aromatic rings. The van der Waals surface area contributed by atoms with E-state index in [1.165, 1.54) is 11.6 Å². The molecule has 6 nitrogen and oxygen atoms in total. The number of hydrogen-bond donors (Lipinski definition) is 1. The lowest BCUT2D eigenvalue weighted by Gasteiger charge is -2.37. The lowest BCUT2D eigenvalue weighted by Crippen LogP contribution is -2.55. The Morgan fingerprint density at radius 1 is 0.844 bits per heavy atom. The van der Waals surface area contributed by atoms with Crippen LogP contribution in [-0.4, -0.2) is 71.9 Å². The van der Waals surface area contributed by atoms with Crippen molar-refractivity contribution in [1.29, 1.82) is 0 Å². The van der Waals surface area contributed by atoms with Gasteiger partial charge in [-0.25, -0.2) is 13.6 Å². The number of benzene rings is 2. The summed E-state index contributed by atoms with van der Waals surface area (Å²) in [5.41, 5.74) is 1.41. The van der Waals surface area contributed by atoms with Crippen molar-refractivity contribution in [3.05, 3.63) is 71.3 Å². The highest BCUT2D eigenvalue weighted by Gasteiger charge is 2.27. The number of nitrogens with one attached hydrogen (secondary N) is 1. The van der Waals surface area contributed by atoms with E-state index >= 15 is 0 Å². The zero-order valence-electron chi connectivity index (χ0n) is 18.0. The number of hydrogen-bond acceptors (Lipinski definition) is 3. The summed E-state index contributed by atoms with van der Waals surface area (Å²) in [6.07, 6.45) is 1.82. The molecule has 2 saturated heterocycles. The molecular weight excluding hydrogens is 414 g/mol. The van der Waals surface area contributed by atoms with Crippen LogP contribution < -0.4 is 5.32 Å². The van der Waals surface area contributed by atoms with Crippen molar-refractivity contribution in [2.75, 3.05) is 39.3 Å². The molecule has 0 radical (unpaired) electrons. The molecule has 0 saturated carbocycles. The highest BCUT2D eigenvalue weighted by molar-refractivity contribution is 5.94. The van der Waals surface area contributed by atoms with Crippen LogP contribution in [0.15, 0.2) is 48.5 Å². The number of urea groups is 1. The molecule has 8 heteroatoms. The summed E-state index contributed by atoms with van der Waals surface area (Å²) in [5.74, 6) is -2.37. The first kappa shape index (κ1) is 22.2. The molecule has 3 amide bonds. The number of likely N-dealkylation sites (tertiary alicyclic amines) is 1. The van der Waals surface area contributed by atoms with Gasteiger partial charge in [0, 0.05) is 57.4 Å². The fraction of sp³-hybridized carbons (Fsp3) is 0.417. The van der Waals surface area contributed by atoms with Gasteiger partial charge in [0.2, 0.25) is 0 Å². The number of piperidine rings is 1. The third kappa shape index (κ3) is 5.43. The Morgan fingerprint density at radius 3 is 2.16 bits per heavy atom. The summed E-state index contributed by atoms with van der Waals surface area (Å²) in [6.45, 7) is 4.35. The molecule has 4 rings (SSSR count). The van der Waals surface area contributed by atoms with Gasteiger partial charge in [0.05, 0.1) is 0 Å². The van der Waals surface area contributed by atoms with E-state index in [1.807, 2.05) is 18.2 Å². The maximum Gasteiger partial charge on any atom is 0.317 e. The van der Waals surface area contributed by atoms with E-state index in [4.69, 9.17) is 0 Å². The van der Waals surface area contributed by atoms with Crippen molar-refractivity contribution >= 4 is 11.9 Å². The van der Waals surface area contributed by atoms with Crippen LogP contribution in [-0.2, 0) is 6.54 Å². The van der Waals surface area contributed by atoms with Crippen LogP contribution in [0.3, 0.4) is 0 Å². The maximum absolute atomic E-state index is 13.4. The standard InChI is InChI=1S/C24H28F2N4O2/c25-21-7-6-19(16-22(21)26)23(31)29-12-14-30(15-13-29)24(32)27-20-8-10-28(11-9-20)17-18-4-2-1-3-5-18/h1-7,16,20H,8-15,17H2,(H,27,32). The average Bonchev–Trinajstić information content (AvgIpc) is 2.82. The third-order valence-electron chi connectivity index (χ3n) is 6.18. The number of halogens is 2. The smallest absolute Gasteiger partial charge is 0.317 e. The van der Waals surface area contributed by atoms with E-state index in [0.717, 1.165) is 44.6 Å². The van der Waals surface area contributed by atoms with Crippen LogP contribution in [0.1, 0.15) is 28.8 Å². The molecule has 2 heterocycles. The number of carbonyl (C=O) groups is 2. The van der Waals surface area contributed by atoms with Crippen LogP contribution >= 0.6 is 0 Å². The van der Waals surface area contributed by atoms with Crippen molar-refractivity contribution < 1.29 is 18.4 Å². The van der Waals surface area contributed by atoms with Gasteiger partial charge in [0.15, 0.2) is 11.6 Å². The van der Waals surface area contributed by atoms with E-state index in [9.17, 15) is 18.4 Å². The minimum Gasteiger partial charge on any atom is -0.335 e. The predicted octanol–water partition coefficient (Wildman–Crippen LogP) is 3.10. The van der Waals surface area contributed by atoms with Crippen molar-refractivity contribution in [2.24, 2.45) is 0 Å². The van der Waals surface area contributed by atoms with E-state index in [1.54, 1.807) is 9.80 Å². The Kier molecular flexibility index (Phi) is 6.99. The van der Waals surface area contributed by atoms with Crippen LogP contribution in [0, 0.1) is 11.6 Å². The highest BCUT2D eigenvalue weighted by Crippen LogP contribution is 2.16. The largest absolute Gasteiger partial charge is 0.335 e. The summed E-state index contributed by atoms with van der Waals surface area (Å²) in [7, 11) is 0. The lowest BCUT2D eigenvalue weighted by atomic mass is 10.0. The van der Waals surface area contributed by atoms with E-state index in [2.05, 4.69) is 22.3 Å². The predicted molar refractivity (Wildman–Crippen MR) is 117 cm³/mol. The monoisotopic (exact) mass is 442 g/mol. The Hall–Kier alpha value is -3.00. The van der Waals surface area contributed by atoms with Crippen LogP contribution in [0.2, 0.25) is 0 Å². The van der Waals surface area contributed by atoms with Gasteiger partial charge < -0.3 is 15.1 Å². The maximum atomic E-state index is 13.4. The number of nitrogens with zero attached hydrogens (tertiary/aromatic N) is 3. The molecule has 2 aromatic carbocycles. The van der Waals surface area contributed by atoms with Crippen molar-refractivity contribution in [3.63, 3.8) is 0 Å². The van der Waals surface area contributed by atoms with Gasteiger partial charge in [0.1, 0.15) is 0 Å². The van der Waals surface area contributed by atoms with Gasteiger partial charge in [0.25, 0.3) is 5.91 Å². The molecule has 0 spiro atoms. The first-order valence-electron chi connectivity index (χ1n) is 11.1. The number of piperazine rings is 1. The molecule has 0 atom stereocenters. The topological polar surface area (TPSA) is 55.9 Å². The van der Waals surface area contributed by atoms with Crippen molar-refractivity contribution in [1.82, 2.24) is 20.0 Å². The Bertz CT molecular complexity index is 940. The Labute approximate surface area is 186 Å². The zero-order chi connectivity index (χ0) is 22.5. The first-order chi connectivity index (χ1) is 15.5. The number of rotatable bonds is 4. The molecule has 0 bridgehead atoms. The molecule has 32 heavy (non-hydrogen) atoms. The Morgan fingerprint density at radius 2 is 1.50 bits per heavy atom. The second-order valence-electron chi connectivity index (χ2n) is 8.39. The highest BCUT2D eigenvalue weighted by atomic mass is 19.2. The summed E-state index contributed by atoms with van der Waals surface area (Å²) >= 11 is 0. The number of amides is 3. The third-order valence-corrected chi connectivity index (χ3v) is 6.18. The van der Waals surface area contributed by atoms with Gasteiger partial charge in [-0.15, -0.1) is 0 Å². The SMILES string of the molecule is O=C(NC1CCN(Cc2ccccc2)CC1)N1CCN(C(=O)c2ccc(F)c(F)c2)CC1. The van der Waals surface area contributed by atoms with Crippen molar-refractivity contribution in [2.45, 2.75) is 25.4 Å². The minimum atomic E-state index is -1.04. The molecule has 2 fully saturated rings. The lowest BCUT2D eigenvalue weighted by molar-refractivity contribution is 0.0660. The van der Waals surface area contributed by atoms with Gasteiger partial charge in [-0.3, -0.25) is 9.69 Å². The van der Waals surface area contributed by atoms with Crippen LogP contribution in [0.25, 0.3) is 0 Å². The Balaban J connectivity index is 1.20. The molecule has 0 aromatic heterocycles. The quantitative estimate of drug-likeness (QED) is 0.792. The van der Waals surface area contributed by atoms with E-state index in [0.29, 0.717) is 26.2 Å². The average molecular weight is 443 g/mol. The minimum absolute atomic E-state index is 0.105. The van der Waals surface area contributed by atoms with E-state index in [-0.39, 0.29) is 23.5 Å². The van der Waals surface area contributed by atoms with Crippen LogP contribution in [0.5, 0.6) is 0 Å². The van der Waals surface area contributed by atoms with Crippen molar-refractivity contribution in [3.8, 4) is 0 Å². The van der Waals surface area contributed by atoms with Gasteiger partial charge in [-0.05, 0) is 36.6 Å². The second kappa shape index (κ2) is 10.1. The summed E-state index contributed by atoms with van der Waals surface area (Å²) in [6, 6.07) is 13.6. The van der Waals surface area contributed by atoms with E-state index < -0.39 is 11.6 Å². The normalized spacial score (nSPS) is 17.9. The fourth-order valence-electron chi connectivity index (χ4n) is 4.27. The fourth-order valence-corrected chi connectivity index (χ4v) is 4.27. The van der Waals surface area contributed by atoms with Gasteiger partial charge in [-0.1, -0.05) is 30.3 Å². The molecule has 2 aliphatic rings. The molecular formula is C24H28F2N4O2. The zero-order valence-corrected chi connectivity index (χ0v) is 18.0. The summed E-state index contributed by atoms with van der Waals surface area (Å²) in [4.78, 5) is 30.9. The number of carbonyl (C=O) groups excluding carboxylic acids is 2. The first-order valence-corrected chi connectivity index (χ1v) is 11.1. The molecule has 1 N–H and O–H groups in total. The van der Waals surface area contributed by atoms with Gasteiger partial charge in [-0.2, -0.15) is 0 Å². The molecule has 170 valence electrons. The molecule has 0 aliphatic carbocycles. The van der Waals surface area contributed by atoms with Crippen LogP contribution in [0.4, 0.5) is 13.6 Å². The summed E-state index contributed by atoms with van der Waals surface area (Å²) in [5, 5.41) is 3.13. The summed E-state index contributed by atoms with van der Waals surface area (Å²) < 4.78 is 26.5. The molecule has 2 aliphatic heterocycles. The van der Waals surface area contributed by atoms with Gasteiger partial charge >= 0.3 is 6.03 Å². The molecule has 0 unspecified atom stereocenters. The second-order valence-corrected chi connectivity index (χ2v) is 8.39.